The largest absolute Gasteiger partial charge is 0.357 e. The Kier molecular flexibility index (Phi) is 3.30. The number of piperidine rings is 1. The number of pyridine rings is 1. The molecule has 76 valence electrons. The molecule has 0 saturated carbocycles. The second-order valence-corrected chi connectivity index (χ2v) is 4.48. The van der Waals surface area contributed by atoms with E-state index in [1.807, 2.05) is 6.20 Å². The van der Waals surface area contributed by atoms with Gasteiger partial charge in [-0.3, -0.25) is 0 Å². The maximum Gasteiger partial charge on any atom is 0.128 e. The minimum Gasteiger partial charge on any atom is -0.357 e. The quantitative estimate of drug-likeness (QED) is 0.695. The van der Waals surface area contributed by atoms with Gasteiger partial charge in [-0.2, -0.15) is 0 Å². The minimum atomic E-state index is 1.14. The van der Waals surface area contributed by atoms with E-state index in [4.69, 9.17) is 0 Å². The molecular weight excluding hydrogens is 192 g/mol. The summed E-state index contributed by atoms with van der Waals surface area (Å²) < 4.78 is 0. The normalized spacial score (nSPS) is 17.1. The molecule has 0 aromatic carbocycles. The van der Waals surface area contributed by atoms with Gasteiger partial charge in [0.05, 0.1) is 0 Å². The Hall–Kier alpha value is -0.700. The maximum atomic E-state index is 4.48. The number of hydrogen-bond donors (Lipinski definition) is 0. The molecule has 1 aromatic rings. The van der Waals surface area contributed by atoms with Crippen molar-refractivity contribution in [3.8, 4) is 0 Å². The zero-order valence-electron chi connectivity index (χ0n) is 8.57. The molecule has 1 saturated heterocycles. The van der Waals surface area contributed by atoms with Gasteiger partial charge in [-0.05, 0) is 37.7 Å². The molecule has 0 amide bonds. The summed E-state index contributed by atoms with van der Waals surface area (Å²) in [5.41, 5.74) is 0. The van der Waals surface area contributed by atoms with E-state index in [1.165, 1.54) is 37.2 Å². The third-order valence-electron chi connectivity index (χ3n) is 2.64. The molecule has 0 atom stereocenters. The SMILES string of the molecule is CSc1ccc(N2CCCCC2)nc1. The number of aromatic nitrogens is 1. The zero-order valence-corrected chi connectivity index (χ0v) is 9.39. The Morgan fingerprint density at radius 2 is 2.00 bits per heavy atom. The fraction of sp³-hybridized carbons (Fsp3) is 0.545. The summed E-state index contributed by atoms with van der Waals surface area (Å²) >= 11 is 1.74. The number of rotatable bonds is 2. The number of hydrogen-bond acceptors (Lipinski definition) is 3. The lowest BCUT2D eigenvalue weighted by Crippen LogP contribution is -2.29. The molecule has 2 rings (SSSR count). The van der Waals surface area contributed by atoms with Crippen molar-refractivity contribution in [2.24, 2.45) is 0 Å². The summed E-state index contributed by atoms with van der Waals surface area (Å²) in [7, 11) is 0. The third-order valence-corrected chi connectivity index (χ3v) is 3.35. The lowest BCUT2D eigenvalue weighted by molar-refractivity contribution is 0.573. The molecule has 0 N–H and O–H groups in total. The Balaban J connectivity index is 2.07. The highest BCUT2D eigenvalue weighted by Crippen LogP contribution is 2.20. The molecule has 0 spiro atoms. The van der Waals surface area contributed by atoms with Crippen molar-refractivity contribution < 1.29 is 0 Å². The lowest BCUT2D eigenvalue weighted by Gasteiger charge is -2.27. The number of anilines is 1. The lowest BCUT2D eigenvalue weighted by atomic mass is 10.1. The van der Waals surface area contributed by atoms with Crippen molar-refractivity contribution in [3.05, 3.63) is 18.3 Å². The summed E-state index contributed by atoms with van der Waals surface area (Å²) in [6.45, 7) is 2.34. The number of thioether (sulfide) groups is 1. The molecule has 0 bridgehead atoms. The van der Waals surface area contributed by atoms with Crippen molar-refractivity contribution in [1.29, 1.82) is 0 Å². The fourth-order valence-corrected chi connectivity index (χ4v) is 2.17. The molecule has 0 aliphatic carbocycles. The average molecular weight is 208 g/mol. The second kappa shape index (κ2) is 4.69. The van der Waals surface area contributed by atoms with Crippen molar-refractivity contribution in [3.63, 3.8) is 0 Å². The van der Waals surface area contributed by atoms with Gasteiger partial charge in [-0.25, -0.2) is 4.98 Å². The van der Waals surface area contributed by atoms with Gasteiger partial charge in [0.1, 0.15) is 5.82 Å². The Morgan fingerprint density at radius 1 is 1.21 bits per heavy atom. The summed E-state index contributed by atoms with van der Waals surface area (Å²) in [5.74, 6) is 1.14. The van der Waals surface area contributed by atoms with Crippen LogP contribution in [0.3, 0.4) is 0 Å². The topological polar surface area (TPSA) is 16.1 Å². The third kappa shape index (κ3) is 2.21. The second-order valence-electron chi connectivity index (χ2n) is 3.60. The van der Waals surface area contributed by atoms with E-state index in [1.54, 1.807) is 11.8 Å². The van der Waals surface area contributed by atoms with Crippen molar-refractivity contribution in [2.75, 3.05) is 24.2 Å². The summed E-state index contributed by atoms with van der Waals surface area (Å²) in [6.07, 6.45) is 8.05. The molecule has 2 heterocycles. The van der Waals surface area contributed by atoms with E-state index in [2.05, 4.69) is 28.3 Å². The highest BCUT2D eigenvalue weighted by Gasteiger charge is 2.11. The highest BCUT2D eigenvalue weighted by atomic mass is 32.2. The van der Waals surface area contributed by atoms with E-state index in [-0.39, 0.29) is 0 Å². The van der Waals surface area contributed by atoms with E-state index >= 15 is 0 Å². The molecule has 2 nitrogen and oxygen atoms in total. The van der Waals surface area contributed by atoms with Crippen LogP contribution in [0.2, 0.25) is 0 Å². The zero-order chi connectivity index (χ0) is 9.80. The highest BCUT2D eigenvalue weighted by molar-refractivity contribution is 7.98. The van der Waals surface area contributed by atoms with Crippen LogP contribution in [0.1, 0.15) is 19.3 Å². The Bertz CT molecular complexity index is 278. The first kappa shape index (κ1) is 9.84. The van der Waals surface area contributed by atoms with E-state index in [9.17, 15) is 0 Å². The monoisotopic (exact) mass is 208 g/mol. The van der Waals surface area contributed by atoms with E-state index in [0.29, 0.717) is 0 Å². The van der Waals surface area contributed by atoms with E-state index in [0.717, 1.165) is 5.82 Å². The van der Waals surface area contributed by atoms with Gasteiger partial charge in [-0.15, -0.1) is 11.8 Å². The first-order valence-corrected chi connectivity index (χ1v) is 6.37. The van der Waals surface area contributed by atoms with Crippen LogP contribution in [0.25, 0.3) is 0 Å². The molecule has 1 aromatic heterocycles. The summed E-state index contributed by atoms with van der Waals surface area (Å²) in [5, 5.41) is 0. The van der Waals surface area contributed by atoms with Crippen LogP contribution in [0.4, 0.5) is 5.82 Å². The summed E-state index contributed by atoms with van der Waals surface area (Å²) in [4.78, 5) is 8.10. The van der Waals surface area contributed by atoms with Crippen LogP contribution < -0.4 is 4.90 Å². The van der Waals surface area contributed by atoms with Gasteiger partial charge in [0.25, 0.3) is 0 Å². The van der Waals surface area contributed by atoms with Crippen LogP contribution in [0.5, 0.6) is 0 Å². The van der Waals surface area contributed by atoms with Gasteiger partial charge in [-0.1, -0.05) is 0 Å². The van der Waals surface area contributed by atoms with Gasteiger partial charge in [0.15, 0.2) is 0 Å². The molecule has 1 fully saturated rings. The summed E-state index contributed by atoms with van der Waals surface area (Å²) in [6, 6.07) is 4.29. The van der Waals surface area contributed by atoms with Gasteiger partial charge in [0.2, 0.25) is 0 Å². The van der Waals surface area contributed by atoms with Crippen LogP contribution in [-0.2, 0) is 0 Å². The fourth-order valence-electron chi connectivity index (χ4n) is 1.80. The predicted octanol–water partition coefficient (Wildman–Crippen LogP) is 2.79. The van der Waals surface area contributed by atoms with Crippen LogP contribution in [0, 0.1) is 0 Å². The molecular formula is C11H16N2S. The smallest absolute Gasteiger partial charge is 0.128 e. The molecule has 1 aliphatic heterocycles. The van der Waals surface area contributed by atoms with Gasteiger partial charge < -0.3 is 4.90 Å². The first-order chi connectivity index (χ1) is 6.90. The molecule has 0 unspecified atom stereocenters. The Labute approximate surface area is 89.7 Å². The minimum absolute atomic E-state index is 1.14. The average Bonchev–Trinajstić information content (AvgIpc) is 2.30. The predicted molar refractivity (Wildman–Crippen MR) is 62.1 cm³/mol. The molecule has 14 heavy (non-hydrogen) atoms. The molecule has 1 aliphatic rings. The van der Waals surface area contributed by atoms with Crippen molar-refractivity contribution in [2.45, 2.75) is 24.2 Å². The van der Waals surface area contributed by atoms with E-state index < -0.39 is 0 Å². The molecule has 0 radical (unpaired) electrons. The van der Waals surface area contributed by atoms with Gasteiger partial charge >= 0.3 is 0 Å². The van der Waals surface area contributed by atoms with Crippen molar-refractivity contribution >= 4 is 17.6 Å². The van der Waals surface area contributed by atoms with Crippen LogP contribution in [-0.4, -0.2) is 24.3 Å². The standard InChI is InChI=1S/C11H16N2S/c1-14-10-5-6-11(12-9-10)13-7-3-2-4-8-13/h5-6,9H,2-4,7-8H2,1H3. The van der Waals surface area contributed by atoms with Crippen LogP contribution >= 0.6 is 11.8 Å². The number of nitrogens with zero attached hydrogens (tertiary/aromatic N) is 2. The Morgan fingerprint density at radius 3 is 2.57 bits per heavy atom. The van der Waals surface area contributed by atoms with Gasteiger partial charge in [0, 0.05) is 24.2 Å². The maximum absolute atomic E-state index is 4.48. The van der Waals surface area contributed by atoms with Crippen LogP contribution in [0.15, 0.2) is 23.2 Å². The molecule has 3 heteroatoms. The first-order valence-electron chi connectivity index (χ1n) is 5.15. The van der Waals surface area contributed by atoms with Crippen molar-refractivity contribution in [1.82, 2.24) is 4.98 Å².